The fraction of sp³-hybridized carbons (Fsp3) is 0.211. The Hall–Kier alpha value is -2.80. The van der Waals surface area contributed by atoms with E-state index in [-0.39, 0.29) is 12.8 Å². The number of hydrogen-bond donors (Lipinski definition) is 0. The molecule has 2 heterocycles. The highest BCUT2D eigenvalue weighted by molar-refractivity contribution is 7.88. The maximum Gasteiger partial charge on any atom is 0.247 e. The number of fused-ring (bicyclic) bond motifs is 1. The number of ether oxygens (including phenoxy) is 2. The number of hydrazone groups is 1. The molecule has 1 unspecified atom stereocenters. The molecule has 6 nitrogen and oxygen atoms in total. The van der Waals surface area contributed by atoms with E-state index in [1.165, 1.54) is 10.7 Å². The zero-order chi connectivity index (χ0) is 18.1. The lowest BCUT2D eigenvalue weighted by atomic mass is 10.0. The number of hydrogen-bond acceptors (Lipinski definition) is 5. The molecule has 0 saturated heterocycles. The van der Waals surface area contributed by atoms with Gasteiger partial charge in [-0.2, -0.15) is 9.52 Å². The summed E-state index contributed by atoms with van der Waals surface area (Å²) in [5, 5.41) is 4.36. The van der Waals surface area contributed by atoms with Crippen LogP contribution in [0.1, 0.15) is 17.5 Å². The minimum Gasteiger partial charge on any atom is -0.454 e. The van der Waals surface area contributed by atoms with Crippen LogP contribution >= 0.6 is 0 Å². The summed E-state index contributed by atoms with van der Waals surface area (Å²) in [4.78, 5) is 0. The quantitative estimate of drug-likeness (QED) is 0.830. The van der Waals surface area contributed by atoms with Crippen LogP contribution in [-0.2, 0) is 10.0 Å². The molecule has 134 valence electrons. The number of nitrogens with zero attached hydrogens (tertiary/aromatic N) is 2. The fourth-order valence-electron chi connectivity index (χ4n) is 3.01. The predicted molar refractivity (Wildman–Crippen MR) is 99.7 cm³/mol. The van der Waals surface area contributed by atoms with E-state index < -0.39 is 10.0 Å². The summed E-state index contributed by atoms with van der Waals surface area (Å²) < 4.78 is 36.2. The third-order valence-electron chi connectivity index (χ3n) is 4.26. The zero-order valence-electron chi connectivity index (χ0n) is 14.2. The van der Waals surface area contributed by atoms with E-state index in [4.69, 9.17) is 9.47 Å². The van der Waals surface area contributed by atoms with Crippen LogP contribution in [0.5, 0.6) is 11.5 Å². The minimum absolute atomic E-state index is 0.198. The molecule has 2 aromatic rings. The van der Waals surface area contributed by atoms with Gasteiger partial charge in [-0.05, 0) is 23.8 Å². The second kappa shape index (κ2) is 6.49. The average molecular weight is 370 g/mol. The highest BCUT2D eigenvalue weighted by Crippen LogP contribution is 2.34. The van der Waals surface area contributed by atoms with Gasteiger partial charge in [-0.25, -0.2) is 8.42 Å². The van der Waals surface area contributed by atoms with Crippen LogP contribution < -0.4 is 9.47 Å². The van der Waals surface area contributed by atoms with Crippen LogP contribution in [0, 0.1) is 0 Å². The van der Waals surface area contributed by atoms with Gasteiger partial charge in [-0.3, -0.25) is 0 Å². The van der Waals surface area contributed by atoms with E-state index in [1.807, 2.05) is 60.7 Å². The van der Waals surface area contributed by atoms with Crippen LogP contribution in [0.4, 0.5) is 0 Å². The molecule has 26 heavy (non-hydrogen) atoms. The molecule has 0 spiro atoms. The van der Waals surface area contributed by atoms with E-state index in [9.17, 15) is 8.42 Å². The lowest BCUT2D eigenvalue weighted by Crippen LogP contribution is -2.30. The molecule has 0 N–H and O–H groups in total. The largest absolute Gasteiger partial charge is 0.454 e. The molecule has 0 fully saturated rings. The Bertz CT molecular complexity index is 984. The van der Waals surface area contributed by atoms with Crippen molar-refractivity contribution >= 4 is 21.8 Å². The van der Waals surface area contributed by atoms with Crippen LogP contribution in [-0.4, -0.2) is 37.6 Å². The van der Waals surface area contributed by atoms with E-state index in [2.05, 4.69) is 5.10 Å². The van der Waals surface area contributed by atoms with E-state index >= 15 is 0 Å². The van der Waals surface area contributed by atoms with Crippen LogP contribution in [0.2, 0.25) is 0 Å². The van der Waals surface area contributed by atoms with Crippen molar-refractivity contribution in [3.05, 3.63) is 65.7 Å². The molecule has 2 aliphatic heterocycles. The van der Waals surface area contributed by atoms with E-state index in [0.717, 1.165) is 11.1 Å². The van der Waals surface area contributed by atoms with Crippen molar-refractivity contribution in [2.24, 2.45) is 5.10 Å². The molecule has 0 saturated carbocycles. The standard InChI is InChI=1S/C19H18N2O4S/c1-26(22,23)21-16(9-7-14-5-3-2-4-6-14)12-17(20-21)15-8-10-18-19(11-15)25-13-24-18/h2-11,16H,12-13H2,1H3/b9-7+. The van der Waals surface area contributed by atoms with Gasteiger partial charge in [0, 0.05) is 12.0 Å². The normalized spacial score (nSPS) is 19.2. The molecule has 2 aromatic carbocycles. The van der Waals surface area contributed by atoms with Crippen LogP contribution in [0.15, 0.2) is 59.7 Å². The van der Waals surface area contributed by atoms with Gasteiger partial charge in [0.1, 0.15) is 0 Å². The van der Waals surface area contributed by atoms with Crippen LogP contribution in [0.25, 0.3) is 6.08 Å². The average Bonchev–Trinajstić information content (AvgIpc) is 3.26. The molecule has 0 aromatic heterocycles. The molecule has 0 amide bonds. The maximum atomic E-state index is 12.2. The van der Waals surface area contributed by atoms with E-state index in [0.29, 0.717) is 23.6 Å². The van der Waals surface area contributed by atoms with Gasteiger partial charge in [-0.15, -0.1) is 0 Å². The summed E-state index contributed by atoms with van der Waals surface area (Å²) in [6.45, 7) is 0.198. The Morgan fingerprint density at radius 1 is 1.12 bits per heavy atom. The lowest BCUT2D eigenvalue weighted by molar-refractivity contribution is 0.174. The molecule has 2 aliphatic rings. The van der Waals surface area contributed by atoms with Crippen molar-refractivity contribution in [3.63, 3.8) is 0 Å². The number of benzene rings is 2. The summed E-state index contributed by atoms with van der Waals surface area (Å²) in [5.41, 5.74) is 2.55. The first-order chi connectivity index (χ1) is 12.5. The van der Waals surface area contributed by atoms with Crippen molar-refractivity contribution in [1.82, 2.24) is 4.41 Å². The maximum absolute atomic E-state index is 12.2. The number of rotatable bonds is 4. The molecular formula is C19H18N2O4S. The second-order valence-corrected chi connectivity index (χ2v) is 8.03. The molecule has 7 heteroatoms. The van der Waals surface area contributed by atoms with Crippen molar-refractivity contribution in [1.29, 1.82) is 0 Å². The predicted octanol–water partition coefficient (Wildman–Crippen LogP) is 2.87. The smallest absolute Gasteiger partial charge is 0.247 e. The topological polar surface area (TPSA) is 68.2 Å². The second-order valence-electron chi connectivity index (χ2n) is 6.19. The van der Waals surface area contributed by atoms with Crippen molar-refractivity contribution in [2.75, 3.05) is 13.0 Å². The number of sulfonamides is 1. The first-order valence-corrected chi connectivity index (χ1v) is 10.1. The SMILES string of the molecule is CS(=O)(=O)N1N=C(c2ccc3c(c2)OCO3)CC1/C=C/c1ccccc1. The molecule has 0 radical (unpaired) electrons. The first-order valence-electron chi connectivity index (χ1n) is 8.21. The molecular weight excluding hydrogens is 352 g/mol. The molecule has 1 atom stereocenters. The van der Waals surface area contributed by atoms with Gasteiger partial charge in [0.25, 0.3) is 0 Å². The zero-order valence-corrected chi connectivity index (χ0v) is 15.0. The fourth-order valence-corrected chi connectivity index (χ4v) is 3.89. The Morgan fingerprint density at radius 2 is 1.88 bits per heavy atom. The van der Waals surface area contributed by atoms with Gasteiger partial charge in [0.15, 0.2) is 11.5 Å². The van der Waals surface area contributed by atoms with Crippen molar-refractivity contribution in [2.45, 2.75) is 12.5 Å². The molecule has 4 rings (SSSR count). The molecule has 0 aliphatic carbocycles. The van der Waals surface area contributed by atoms with Gasteiger partial charge in [0.05, 0.1) is 18.0 Å². The summed E-state index contributed by atoms with van der Waals surface area (Å²) in [7, 11) is -3.47. The Labute approximate surface area is 152 Å². The van der Waals surface area contributed by atoms with Gasteiger partial charge in [0.2, 0.25) is 16.8 Å². The monoisotopic (exact) mass is 370 g/mol. The van der Waals surface area contributed by atoms with Gasteiger partial charge >= 0.3 is 0 Å². The Morgan fingerprint density at radius 3 is 2.65 bits per heavy atom. The third kappa shape index (κ3) is 3.30. The highest BCUT2D eigenvalue weighted by Gasteiger charge is 2.32. The lowest BCUT2D eigenvalue weighted by Gasteiger charge is -2.17. The first kappa shape index (κ1) is 16.7. The summed E-state index contributed by atoms with van der Waals surface area (Å²) >= 11 is 0. The van der Waals surface area contributed by atoms with Crippen LogP contribution in [0.3, 0.4) is 0 Å². The molecule has 0 bridgehead atoms. The highest BCUT2D eigenvalue weighted by atomic mass is 32.2. The van der Waals surface area contributed by atoms with Crippen molar-refractivity contribution in [3.8, 4) is 11.5 Å². The van der Waals surface area contributed by atoms with E-state index in [1.54, 1.807) is 0 Å². The van der Waals surface area contributed by atoms with Gasteiger partial charge < -0.3 is 9.47 Å². The van der Waals surface area contributed by atoms with Gasteiger partial charge in [-0.1, -0.05) is 42.5 Å². The third-order valence-corrected chi connectivity index (χ3v) is 5.29. The summed E-state index contributed by atoms with van der Waals surface area (Å²) in [5.74, 6) is 1.34. The minimum atomic E-state index is -3.47. The van der Waals surface area contributed by atoms with Crippen molar-refractivity contribution < 1.29 is 17.9 Å². The Balaban J connectivity index is 1.62. The Kier molecular flexibility index (Phi) is 4.16. The summed E-state index contributed by atoms with van der Waals surface area (Å²) in [6.07, 6.45) is 5.46. The summed E-state index contributed by atoms with van der Waals surface area (Å²) in [6, 6.07) is 14.9.